The number of rotatable bonds is 11. The van der Waals surface area contributed by atoms with Crippen molar-refractivity contribution in [2.24, 2.45) is 0 Å². The fraction of sp³-hybridized carbons (Fsp3) is 0.567. The molecule has 4 heteroatoms. The molecule has 1 heterocycles. The molecule has 1 N–H and O–H groups in total. The molecule has 1 atom stereocenters. The van der Waals surface area contributed by atoms with Crippen molar-refractivity contribution in [1.82, 2.24) is 15.2 Å². The van der Waals surface area contributed by atoms with Gasteiger partial charge in [0.25, 0.3) is 0 Å². The molecule has 0 saturated carbocycles. The number of hydrogen-bond donors (Lipinski definition) is 1. The number of nitrogens with zero attached hydrogens (tertiary/aromatic N) is 2. The van der Waals surface area contributed by atoms with Crippen LogP contribution < -0.4 is 5.32 Å². The van der Waals surface area contributed by atoms with Crippen molar-refractivity contribution in [1.29, 1.82) is 0 Å². The summed E-state index contributed by atoms with van der Waals surface area (Å²) in [5.41, 5.74) is 6.66. The van der Waals surface area contributed by atoms with E-state index in [1.807, 2.05) is 7.05 Å². The average molecular weight is 484 g/mol. The zero-order chi connectivity index (χ0) is 25.1. The number of aryl methyl sites for hydroxylation is 1. The SMILES string of the molecule is C=C(C)CN(CC(CCCC)NC)C(=C)c1ccc2c(Cl)c3c(nc2c1)CCCC3.CCCC. The lowest BCUT2D eigenvalue weighted by Crippen LogP contribution is -2.39. The Bertz CT molecular complexity index is 948. The van der Waals surface area contributed by atoms with Gasteiger partial charge in [-0.05, 0) is 63.3 Å². The number of unbranched alkanes of at least 4 members (excludes halogenated alkanes) is 2. The van der Waals surface area contributed by atoms with Gasteiger partial charge >= 0.3 is 0 Å². The molecule has 0 fully saturated rings. The molecule has 1 aliphatic rings. The maximum atomic E-state index is 6.77. The Morgan fingerprint density at radius 2 is 1.82 bits per heavy atom. The van der Waals surface area contributed by atoms with Crippen LogP contribution in [0.2, 0.25) is 5.02 Å². The Balaban J connectivity index is 0.000000945. The summed E-state index contributed by atoms with van der Waals surface area (Å²) in [5.74, 6) is 0. The second-order valence-electron chi connectivity index (χ2n) is 9.70. The first-order chi connectivity index (χ1) is 16.4. The number of likely N-dealkylation sites (N-methyl/N-ethyl adjacent to an activating group) is 1. The van der Waals surface area contributed by atoms with Crippen LogP contribution in [0.15, 0.2) is 36.9 Å². The molecule has 0 spiro atoms. The van der Waals surface area contributed by atoms with Gasteiger partial charge in [0.2, 0.25) is 0 Å². The van der Waals surface area contributed by atoms with Crippen molar-refractivity contribution in [3.8, 4) is 0 Å². The lowest BCUT2D eigenvalue weighted by molar-refractivity contribution is 0.348. The lowest BCUT2D eigenvalue weighted by atomic mass is 9.94. The second-order valence-corrected chi connectivity index (χ2v) is 10.1. The van der Waals surface area contributed by atoms with E-state index in [0.717, 1.165) is 65.1 Å². The molecule has 0 bridgehead atoms. The summed E-state index contributed by atoms with van der Waals surface area (Å²) in [6.07, 6.45) is 10.7. The van der Waals surface area contributed by atoms with Crippen molar-refractivity contribution in [3.63, 3.8) is 0 Å². The van der Waals surface area contributed by atoms with Gasteiger partial charge in [-0.1, -0.05) is 88.9 Å². The summed E-state index contributed by atoms with van der Waals surface area (Å²) in [6.45, 7) is 19.0. The summed E-state index contributed by atoms with van der Waals surface area (Å²) in [6, 6.07) is 6.84. The first kappa shape index (κ1) is 28.4. The molecule has 34 heavy (non-hydrogen) atoms. The van der Waals surface area contributed by atoms with Crippen LogP contribution in [0.4, 0.5) is 0 Å². The molecule has 1 aromatic carbocycles. The highest BCUT2D eigenvalue weighted by atomic mass is 35.5. The standard InChI is InChI=1S/C26H36ClN3.C4H10/c1-6-7-10-21(28-5)17-30(16-18(2)3)19(4)20-13-14-23-25(15-20)29-24-12-9-8-11-22(24)26(23)27;1-3-4-2/h13-15,21,28H,2,4,6-12,16-17H2,1,3,5H3;3-4H2,1-2H3. The fourth-order valence-corrected chi connectivity index (χ4v) is 4.73. The highest BCUT2D eigenvalue weighted by Gasteiger charge is 2.19. The first-order valence-corrected chi connectivity index (χ1v) is 13.6. The highest BCUT2D eigenvalue weighted by Crippen LogP contribution is 2.34. The second kappa shape index (κ2) is 14.5. The average Bonchev–Trinajstić information content (AvgIpc) is 2.85. The van der Waals surface area contributed by atoms with Crippen molar-refractivity contribution in [2.45, 2.75) is 91.5 Å². The third kappa shape index (κ3) is 7.85. The van der Waals surface area contributed by atoms with E-state index in [4.69, 9.17) is 16.6 Å². The number of halogens is 1. The molecule has 0 amide bonds. The molecule has 0 saturated heterocycles. The zero-order valence-corrected chi connectivity index (χ0v) is 23.0. The molecule has 1 aromatic heterocycles. The summed E-state index contributed by atoms with van der Waals surface area (Å²) < 4.78 is 0. The predicted octanol–water partition coefficient (Wildman–Crippen LogP) is 8.20. The number of pyridine rings is 1. The van der Waals surface area contributed by atoms with Gasteiger partial charge < -0.3 is 10.2 Å². The van der Waals surface area contributed by atoms with Crippen molar-refractivity contribution in [3.05, 3.63) is 58.8 Å². The smallest absolute Gasteiger partial charge is 0.0727 e. The van der Waals surface area contributed by atoms with Gasteiger partial charge in [-0.25, -0.2) is 0 Å². The molecular formula is C30H46ClN3. The fourth-order valence-electron chi connectivity index (χ4n) is 4.37. The summed E-state index contributed by atoms with van der Waals surface area (Å²) >= 11 is 6.77. The molecule has 0 aliphatic heterocycles. The molecule has 3 nitrogen and oxygen atoms in total. The predicted molar refractivity (Wildman–Crippen MR) is 152 cm³/mol. The third-order valence-corrected chi connectivity index (χ3v) is 7.06. The third-order valence-electron chi connectivity index (χ3n) is 6.62. The Hall–Kier alpha value is -1.84. The zero-order valence-electron chi connectivity index (χ0n) is 22.3. The maximum absolute atomic E-state index is 6.77. The van der Waals surface area contributed by atoms with Crippen LogP contribution in [0.25, 0.3) is 16.6 Å². The number of aromatic nitrogens is 1. The van der Waals surface area contributed by atoms with Gasteiger partial charge in [-0.3, -0.25) is 4.98 Å². The lowest BCUT2D eigenvalue weighted by Gasteiger charge is -2.31. The van der Waals surface area contributed by atoms with Gasteiger partial charge in [0.15, 0.2) is 0 Å². The highest BCUT2D eigenvalue weighted by molar-refractivity contribution is 6.36. The summed E-state index contributed by atoms with van der Waals surface area (Å²) in [5, 5.41) is 5.42. The Morgan fingerprint density at radius 1 is 1.12 bits per heavy atom. The molecule has 1 unspecified atom stereocenters. The Morgan fingerprint density at radius 3 is 2.44 bits per heavy atom. The molecule has 0 radical (unpaired) electrons. The number of benzene rings is 1. The van der Waals surface area contributed by atoms with E-state index in [1.165, 1.54) is 49.8 Å². The van der Waals surface area contributed by atoms with E-state index < -0.39 is 0 Å². The van der Waals surface area contributed by atoms with Crippen LogP contribution in [0.1, 0.15) is 89.5 Å². The normalized spacial score (nSPS) is 13.6. The van der Waals surface area contributed by atoms with Gasteiger partial charge in [0.05, 0.1) is 10.5 Å². The molecule has 188 valence electrons. The first-order valence-electron chi connectivity index (χ1n) is 13.2. The van der Waals surface area contributed by atoms with Crippen molar-refractivity contribution in [2.75, 3.05) is 20.1 Å². The van der Waals surface area contributed by atoms with Crippen LogP contribution in [0.5, 0.6) is 0 Å². The van der Waals surface area contributed by atoms with Crippen LogP contribution in [0, 0.1) is 0 Å². The van der Waals surface area contributed by atoms with E-state index >= 15 is 0 Å². The number of nitrogens with one attached hydrogen (secondary N) is 1. The minimum Gasteiger partial charge on any atom is -0.366 e. The van der Waals surface area contributed by atoms with E-state index in [1.54, 1.807) is 0 Å². The van der Waals surface area contributed by atoms with Crippen LogP contribution in [-0.2, 0) is 12.8 Å². The molecule has 3 rings (SSSR count). The molecular weight excluding hydrogens is 438 g/mol. The van der Waals surface area contributed by atoms with Gasteiger partial charge in [-0.2, -0.15) is 0 Å². The number of hydrogen-bond acceptors (Lipinski definition) is 3. The van der Waals surface area contributed by atoms with Crippen molar-refractivity contribution < 1.29 is 0 Å². The minimum atomic E-state index is 0.432. The number of fused-ring (bicyclic) bond motifs is 2. The van der Waals surface area contributed by atoms with Gasteiger partial charge in [0.1, 0.15) is 0 Å². The summed E-state index contributed by atoms with van der Waals surface area (Å²) in [7, 11) is 2.05. The van der Waals surface area contributed by atoms with E-state index in [9.17, 15) is 0 Å². The van der Waals surface area contributed by atoms with Crippen molar-refractivity contribution >= 4 is 28.2 Å². The Labute approximate surface area is 213 Å². The summed E-state index contributed by atoms with van der Waals surface area (Å²) in [4.78, 5) is 7.33. The van der Waals surface area contributed by atoms with E-state index in [0.29, 0.717) is 6.04 Å². The Kier molecular flexibility index (Phi) is 12.1. The largest absolute Gasteiger partial charge is 0.366 e. The molecule has 1 aliphatic carbocycles. The minimum absolute atomic E-state index is 0.432. The topological polar surface area (TPSA) is 28.2 Å². The quantitative estimate of drug-likeness (QED) is 0.326. The van der Waals surface area contributed by atoms with Crippen LogP contribution in [-0.4, -0.2) is 36.1 Å². The van der Waals surface area contributed by atoms with Crippen LogP contribution >= 0.6 is 11.6 Å². The van der Waals surface area contributed by atoms with Gasteiger partial charge in [0, 0.05) is 35.9 Å². The van der Waals surface area contributed by atoms with Gasteiger partial charge in [-0.15, -0.1) is 0 Å². The van der Waals surface area contributed by atoms with Crippen LogP contribution in [0.3, 0.4) is 0 Å². The monoisotopic (exact) mass is 483 g/mol. The van der Waals surface area contributed by atoms with E-state index in [-0.39, 0.29) is 0 Å². The van der Waals surface area contributed by atoms with E-state index in [2.05, 4.69) is 69.3 Å². The maximum Gasteiger partial charge on any atom is 0.0727 e. The molecule has 2 aromatic rings.